The molecule has 0 spiro atoms. The van der Waals surface area contributed by atoms with Crippen molar-refractivity contribution in [2.24, 2.45) is 0 Å². The zero-order valence-corrected chi connectivity index (χ0v) is 13.5. The molecule has 0 radical (unpaired) electrons. The predicted molar refractivity (Wildman–Crippen MR) is 93.4 cm³/mol. The van der Waals surface area contributed by atoms with E-state index in [1.165, 1.54) is 36.6 Å². The second-order valence-electron chi connectivity index (χ2n) is 5.20. The maximum absolute atomic E-state index is 11.8. The fourth-order valence-corrected chi connectivity index (χ4v) is 2.18. The van der Waals surface area contributed by atoms with Gasteiger partial charge in [-0.2, -0.15) is 0 Å². The first kappa shape index (κ1) is 17.6. The number of nitro groups is 1. The van der Waals surface area contributed by atoms with Gasteiger partial charge in [0.05, 0.1) is 11.2 Å². The Morgan fingerprint density at radius 2 is 1.85 bits per heavy atom. The summed E-state index contributed by atoms with van der Waals surface area (Å²) in [7, 11) is 0. The number of H-pyrrole nitrogens is 2. The Kier molecular flexibility index (Phi) is 4.79. The van der Waals surface area contributed by atoms with Crippen molar-refractivity contribution in [3.8, 4) is 5.75 Å². The zero-order valence-electron chi connectivity index (χ0n) is 13.5. The number of ether oxygens (including phenoxy) is 1. The summed E-state index contributed by atoms with van der Waals surface area (Å²) in [6.45, 7) is 0. The van der Waals surface area contributed by atoms with Gasteiger partial charge in [0, 0.05) is 0 Å². The second kappa shape index (κ2) is 7.35. The Labute approximate surface area is 149 Å². The molecule has 136 valence electrons. The summed E-state index contributed by atoms with van der Waals surface area (Å²) >= 11 is 0. The number of rotatable bonds is 5. The number of furan rings is 1. The third kappa shape index (κ3) is 4.07. The second-order valence-corrected chi connectivity index (χ2v) is 5.20. The summed E-state index contributed by atoms with van der Waals surface area (Å²) in [5.74, 6) is -0.325. The lowest BCUT2D eigenvalue weighted by Crippen LogP contribution is -2.25. The number of benzene rings is 1. The monoisotopic (exact) mass is 369 g/mol. The number of hydrogen-bond donors (Lipinski definition) is 2. The molecule has 0 amide bonds. The van der Waals surface area contributed by atoms with Crippen LogP contribution in [0.1, 0.15) is 21.8 Å². The third-order valence-electron chi connectivity index (χ3n) is 3.38. The topological polar surface area (TPSA) is 148 Å². The van der Waals surface area contributed by atoms with Crippen LogP contribution >= 0.6 is 0 Å². The van der Waals surface area contributed by atoms with E-state index >= 15 is 0 Å². The number of aromatic amines is 2. The summed E-state index contributed by atoms with van der Waals surface area (Å²) in [6, 6.07) is 9.21. The number of carbonyl (C=O) groups excluding carboxylic acids is 1. The normalized spacial score (nSPS) is 10.8. The minimum Gasteiger partial charge on any atom is -0.457 e. The first-order valence-electron chi connectivity index (χ1n) is 7.49. The smallest absolute Gasteiger partial charge is 0.379 e. The fraction of sp³-hybridized carbons (Fsp3) is 0. The summed E-state index contributed by atoms with van der Waals surface area (Å²) in [4.78, 5) is 48.7. The van der Waals surface area contributed by atoms with Crippen LogP contribution in [-0.4, -0.2) is 20.9 Å². The highest BCUT2D eigenvalue weighted by Gasteiger charge is 2.18. The maximum atomic E-state index is 11.8. The van der Waals surface area contributed by atoms with Crippen LogP contribution in [0.5, 0.6) is 5.75 Å². The first-order valence-corrected chi connectivity index (χ1v) is 7.49. The van der Waals surface area contributed by atoms with Gasteiger partial charge in [0.15, 0.2) is 0 Å². The summed E-state index contributed by atoms with van der Waals surface area (Å²) < 4.78 is 10.1. The molecule has 2 aromatic heterocycles. The van der Waals surface area contributed by atoms with Gasteiger partial charge in [-0.3, -0.25) is 19.9 Å². The molecule has 2 N–H and O–H groups in total. The van der Waals surface area contributed by atoms with Gasteiger partial charge in [-0.25, -0.2) is 9.59 Å². The van der Waals surface area contributed by atoms with Gasteiger partial charge in [-0.15, -0.1) is 0 Å². The molecule has 1 aromatic carbocycles. The molecular weight excluding hydrogens is 358 g/mol. The Hall–Kier alpha value is -4.21. The molecule has 3 rings (SSSR count). The molecule has 0 atom stereocenters. The highest BCUT2D eigenvalue weighted by molar-refractivity contribution is 5.88. The van der Waals surface area contributed by atoms with Gasteiger partial charge < -0.3 is 14.1 Å². The van der Waals surface area contributed by atoms with Gasteiger partial charge in [0.2, 0.25) is 5.76 Å². The van der Waals surface area contributed by atoms with Crippen molar-refractivity contribution in [1.29, 1.82) is 0 Å². The molecule has 10 heteroatoms. The molecule has 3 aromatic rings. The SMILES string of the molecule is O=C(Oc1ccc(/C=C/c2[nH]c(=O)[nH]c(=O)c2[N+](=O)[O-])cc1)c1ccco1. The minimum absolute atomic E-state index is 0.0598. The number of aromatic nitrogens is 2. The molecule has 0 saturated carbocycles. The van der Waals surface area contributed by atoms with Crippen molar-refractivity contribution in [1.82, 2.24) is 9.97 Å². The van der Waals surface area contributed by atoms with E-state index in [-0.39, 0.29) is 17.2 Å². The number of esters is 1. The van der Waals surface area contributed by atoms with Gasteiger partial charge >= 0.3 is 22.9 Å². The Balaban J connectivity index is 1.79. The molecule has 0 bridgehead atoms. The first-order chi connectivity index (χ1) is 12.9. The van der Waals surface area contributed by atoms with Crippen molar-refractivity contribution in [3.05, 3.63) is 90.6 Å². The number of hydrogen-bond acceptors (Lipinski definition) is 7. The van der Waals surface area contributed by atoms with Crippen LogP contribution in [0.15, 0.2) is 56.7 Å². The predicted octanol–water partition coefficient (Wildman–Crippen LogP) is 1.95. The van der Waals surface area contributed by atoms with Crippen LogP contribution < -0.4 is 16.0 Å². The minimum atomic E-state index is -1.09. The van der Waals surface area contributed by atoms with Crippen molar-refractivity contribution in [2.45, 2.75) is 0 Å². The highest BCUT2D eigenvalue weighted by Crippen LogP contribution is 2.17. The number of carbonyl (C=O) groups is 1. The summed E-state index contributed by atoms with van der Waals surface area (Å²) in [5.41, 5.74) is -2.37. The van der Waals surface area contributed by atoms with E-state index in [1.807, 2.05) is 0 Å². The average Bonchev–Trinajstić information content (AvgIpc) is 3.15. The van der Waals surface area contributed by atoms with Gasteiger partial charge in [0.25, 0.3) is 0 Å². The molecule has 0 fully saturated rings. The van der Waals surface area contributed by atoms with Crippen LogP contribution in [0.4, 0.5) is 5.69 Å². The van der Waals surface area contributed by atoms with Crippen LogP contribution in [0.25, 0.3) is 12.2 Å². The fourth-order valence-electron chi connectivity index (χ4n) is 2.18. The molecular formula is C17H11N3O7. The summed E-state index contributed by atoms with van der Waals surface area (Å²) in [5, 5.41) is 11.0. The number of nitrogens with zero attached hydrogens (tertiary/aromatic N) is 1. The lowest BCUT2D eigenvalue weighted by atomic mass is 10.2. The Morgan fingerprint density at radius 3 is 2.48 bits per heavy atom. The van der Waals surface area contributed by atoms with Crippen LogP contribution in [0.2, 0.25) is 0 Å². The van der Waals surface area contributed by atoms with Crippen molar-refractivity contribution >= 4 is 23.8 Å². The largest absolute Gasteiger partial charge is 0.457 e. The van der Waals surface area contributed by atoms with Crippen LogP contribution in [-0.2, 0) is 0 Å². The third-order valence-corrected chi connectivity index (χ3v) is 3.38. The average molecular weight is 369 g/mol. The van der Waals surface area contributed by atoms with Crippen molar-refractivity contribution in [3.63, 3.8) is 0 Å². The molecule has 0 aliphatic rings. The van der Waals surface area contributed by atoms with E-state index in [0.29, 0.717) is 5.56 Å². The van der Waals surface area contributed by atoms with Crippen LogP contribution in [0, 0.1) is 10.1 Å². The highest BCUT2D eigenvalue weighted by atomic mass is 16.6. The molecule has 0 aliphatic heterocycles. The van der Waals surface area contributed by atoms with Gasteiger partial charge in [-0.05, 0) is 35.9 Å². The van der Waals surface area contributed by atoms with Gasteiger partial charge in [-0.1, -0.05) is 18.2 Å². The summed E-state index contributed by atoms with van der Waals surface area (Å²) in [6.07, 6.45) is 4.04. The lowest BCUT2D eigenvalue weighted by molar-refractivity contribution is -0.386. The van der Waals surface area contributed by atoms with E-state index in [0.717, 1.165) is 0 Å². The molecule has 27 heavy (non-hydrogen) atoms. The van der Waals surface area contributed by atoms with E-state index < -0.39 is 27.8 Å². The molecule has 10 nitrogen and oxygen atoms in total. The van der Waals surface area contributed by atoms with E-state index in [1.54, 1.807) is 23.2 Å². The van der Waals surface area contributed by atoms with Crippen LogP contribution in [0.3, 0.4) is 0 Å². The maximum Gasteiger partial charge on any atom is 0.379 e. The van der Waals surface area contributed by atoms with E-state index in [4.69, 9.17) is 9.15 Å². The molecule has 2 heterocycles. The van der Waals surface area contributed by atoms with Crippen molar-refractivity contribution < 1.29 is 18.9 Å². The Bertz CT molecular complexity index is 1120. The zero-order chi connectivity index (χ0) is 19.4. The molecule has 0 saturated heterocycles. The molecule has 0 unspecified atom stereocenters. The van der Waals surface area contributed by atoms with Crippen molar-refractivity contribution in [2.75, 3.05) is 0 Å². The van der Waals surface area contributed by atoms with E-state index in [2.05, 4.69) is 4.98 Å². The lowest BCUT2D eigenvalue weighted by Gasteiger charge is -2.02. The van der Waals surface area contributed by atoms with Gasteiger partial charge in [0.1, 0.15) is 11.4 Å². The molecule has 0 aliphatic carbocycles. The standard InChI is InChI=1S/C17H11N3O7/c21-15-14(20(24)25)12(18-17(23)19-15)8-5-10-3-6-11(7-4-10)27-16(22)13-2-1-9-26-13/h1-9H,(H2,18,19,21,23)/b8-5+. The number of nitrogens with one attached hydrogen (secondary N) is 2. The Morgan fingerprint density at radius 1 is 1.11 bits per heavy atom. The quantitative estimate of drug-likeness (QED) is 0.302. The van der Waals surface area contributed by atoms with E-state index in [9.17, 15) is 24.5 Å².